The number of nitrogens with zero attached hydrogens (tertiary/aromatic N) is 3. The number of hydrogen-bond donors (Lipinski definition) is 0. The molecule has 1 aromatic heterocycles. The molecule has 0 atom stereocenters. The molecule has 0 aliphatic carbocycles. The highest BCUT2D eigenvalue weighted by atomic mass is 32.2. The van der Waals surface area contributed by atoms with E-state index < -0.39 is 10.0 Å². The van der Waals surface area contributed by atoms with Gasteiger partial charge in [-0.1, -0.05) is 19.8 Å². The summed E-state index contributed by atoms with van der Waals surface area (Å²) >= 11 is 0. The molecule has 0 bridgehead atoms. The maximum absolute atomic E-state index is 12.6. The van der Waals surface area contributed by atoms with Gasteiger partial charge in [-0.05, 0) is 26.2 Å². The highest BCUT2D eigenvalue weighted by Gasteiger charge is 2.27. The van der Waals surface area contributed by atoms with Gasteiger partial charge in [0.1, 0.15) is 5.82 Å². The van der Waals surface area contributed by atoms with Crippen LogP contribution in [0.25, 0.3) is 0 Å². The van der Waals surface area contributed by atoms with Crippen LogP contribution in [-0.4, -0.2) is 35.4 Å². The van der Waals surface area contributed by atoms with Crippen molar-refractivity contribution in [2.45, 2.75) is 57.5 Å². The lowest BCUT2D eigenvalue weighted by Crippen LogP contribution is -2.32. The number of aryl methyl sites for hydroxylation is 2. The molecule has 0 radical (unpaired) electrons. The van der Waals surface area contributed by atoms with Crippen LogP contribution in [0.5, 0.6) is 0 Å². The lowest BCUT2D eigenvalue weighted by molar-refractivity contribution is 0.422. The van der Waals surface area contributed by atoms with Crippen molar-refractivity contribution in [1.29, 1.82) is 0 Å². The Balaban J connectivity index is 2.25. The molecule has 0 aromatic carbocycles. The summed E-state index contributed by atoms with van der Waals surface area (Å²) in [5.41, 5.74) is 0. The second-order valence-corrected chi connectivity index (χ2v) is 7.02. The Bertz CT molecular complexity index is 514. The zero-order valence-electron chi connectivity index (χ0n) is 11.8. The van der Waals surface area contributed by atoms with Gasteiger partial charge in [-0.25, -0.2) is 13.4 Å². The fourth-order valence-electron chi connectivity index (χ4n) is 2.49. The summed E-state index contributed by atoms with van der Waals surface area (Å²) in [6.45, 7) is 6.00. The Kier molecular flexibility index (Phi) is 4.62. The number of sulfonamides is 1. The molecule has 0 saturated carbocycles. The van der Waals surface area contributed by atoms with E-state index in [2.05, 4.69) is 11.9 Å². The maximum atomic E-state index is 12.6. The van der Waals surface area contributed by atoms with E-state index in [1.165, 1.54) is 0 Å². The molecular weight excluding hydrogens is 262 g/mol. The van der Waals surface area contributed by atoms with E-state index in [4.69, 9.17) is 0 Å². The van der Waals surface area contributed by atoms with E-state index in [9.17, 15) is 8.42 Å². The molecule has 1 saturated heterocycles. The molecule has 19 heavy (non-hydrogen) atoms. The fourth-order valence-corrected chi connectivity index (χ4v) is 4.00. The number of rotatable bonds is 4. The third-order valence-corrected chi connectivity index (χ3v) is 5.36. The molecule has 0 N–H and O–H groups in total. The van der Waals surface area contributed by atoms with E-state index in [0.717, 1.165) is 44.5 Å². The Morgan fingerprint density at radius 3 is 2.42 bits per heavy atom. The van der Waals surface area contributed by atoms with Crippen molar-refractivity contribution in [3.05, 3.63) is 12.0 Å². The summed E-state index contributed by atoms with van der Waals surface area (Å²) in [5.74, 6) is 0.773. The largest absolute Gasteiger partial charge is 0.334 e. The van der Waals surface area contributed by atoms with Crippen molar-refractivity contribution >= 4 is 10.0 Å². The summed E-state index contributed by atoms with van der Waals surface area (Å²) in [6.07, 6.45) is 6.80. The van der Waals surface area contributed by atoms with Gasteiger partial charge in [0.25, 0.3) is 10.0 Å². The van der Waals surface area contributed by atoms with Crippen LogP contribution in [-0.2, 0) is 16.6 Å². The summed E-state index contributed by atoms with van der Waals surface area (Å²) in [7, 11) is -3.40. The average Bonchev–Trinajstić information content (AvgIpc) is 2.61. The number of imidazole rings is 1. The predicted octanol–water partition coefficient (Wildman–Crippen LogP) is 2.17. The van der Waals surface area contributed by atoms with Gasteiger partial charge in [-0.15, -0.1) is 0 Å². The van der Waals surface area contributed by atoms with Crippen molar-refractivity contribution in [3.63, 3.8) is 0 Å². The molecule has 108 valence electrons. The van der Waals surface area contributed by atoms with Crippen molar-refractivity contribution in [2.75, 3.05) is 13.1 Å². The first-order valence-corrected chi connectivity index (χ1v) is 8.53. The highest BCUT2D eigenvalue weighted by molar-refractivity contribution is 7.89. The molecule has 2 heterocycles. The lowest BCUT2D eigenvalue weighted by Gasteiger charge is -2.18. The van der Waals surface area contributed by atoms with Crippen molar-refractivity contribution in [3.8, 4) is 0 Å². The first-order chi connectivity index (χ1) is 9.05. The van der Waals surface area contributed by atoms with Crippen LogP contribution in [0.3, 0.4) is 0 Å². The van der Waals surface area contributed by atoms with E-state index in [0.29, 0.717) is 13.1 Å². The second kappa shape index (κ2) is 6.05. The lowest BCUT2D eigenvalue weighted by atomic mass is 10.2. The molecule has 0 amide bonds. The van der Waals surface area contributed by atoms with Gasteiger partial charge in [-0.2, -0.15) is 4.31 Å². The van der Waals surface area contributed by atoms with E-state index in [-0.39, 0.29) is 5.03 Å². The van der Waals surface area contributed by atoms with E-state index >= 15 is 0 Å². The van der Waals surface area contributed by atoms with E-state index in [1.54, 1.807) is 10.5 Å². The SMILES string of the molecule is CCCn1cc(S(=O)(=O)N2CCCCCC2)nc1C. The van der Waals surface area contributed by atoms with Crippen LogP contribution in [0.2, 0.25) is 0 Å². The first-order valence-electron chi connectivity index (χ1n) is 7.09. The number of aromatic nitrogens is 2. The minimum atomic E-state index is -3.40. The third kappa shape index (κ3) is 3.17. The Morgan fingerprint density at radius 1 is 1.21 bits per heavy atom. The quantitative estimate of drug-likeness (QED) is 0.852. The van der Waals surface area contributed by atoms with Crippen LogP contribution in [0.4, 0.5) is 0 Å². The van der Waals surface area contributed by atoms with Crippen LogP contribution in [0.1, 0.15) is 44.9 Å². The maximum Gasteiger partial charge on any atom is 0.262 e. The van der Waals surface area contributed by atoms with Crippen LogP contribution in [0.15, 0.2) is 11.2 Å². The van der Waals surface area contributed by atoms with Gasteiger partial charge >= 0.3 is 0 Å². The van der Waals surface area contributed by atoms with Crippen LogP contribution >= 0.6 is 0 Å². The Labute approximate surface area is 115 Å². The van der Waals surface area contributed by atoms with Gasteiger partial charge in [0.05, 0.1) is 0 Å². The molecule has 5 nitrogen and oxygen atoms in total. The molecule has 1 aliphatic heterocycles. The summed E-state index contributed by atoms with van der Waals surface area (Å²) in [5, 5.41) is 0.209. The monoisotopic (exact) mass is 285 g/mol. The zero-order chi connectivity index (χ0) is 13.9. The zero-order valence-corrected chi connectivity index (χ0v) is 12.6. The molecule has 2 rings (SSSR count). The Hall–Kier alpha value is -0.880. The molecule has 1 aliphatic rings. The Morgan fingerprint density at radius 2 is 1.84 bits per heavy atom. The predicted molar refractivity (Wildman–Crippen MR) is 74.5 cm³/mol. The minimum Gasteiger partial charge on any atom is -0.334 e. The van der Waals surface area contributed by atoms with Crippen molar-refractivity contribution in [1.82, 2.24) is 13.9 Å². The van der Waals surface area contributed by atoms with E-state index in [1.807, 2.05) is 11.5 Å². The topological polar surface area (TPSA) is 55.2 Å². The summed E-state index contributed by atoms with van der Waals surface area (Å²) in [4.78, 5) is 4.24. The van der Waals surface area contributed by atoms with Crippen LogP contribution in [0, 0.1) is 6.92 Å². The highest BCUT2D eigenvalue weighted by Crippen LogP contribution is 2.20. The molecule has 0 unspecified atom stereocenters. The van der Waals surface area contributed by atoms with Gasteiger partial charge in [0.2, 0.25) is 0 Å². The van der Waals surface area contributed by atoms with Crippen LogP contribution < -0.4 is 0 Å². The average molecular weight is 285 g/mol. The smallest absolute Gasteiger partial charge is 0.262 e. The molecular formula is C13H23N3O2S. The molecule has 1 aromatic rings. The molecule has 1 fully saturated rings. The fraction of sp³-hybridized carbons (Fsp3) is 0.769. The van der Waals surface area contributed by atoms with Gasteiger partial charge in [-0.3, -0.25) is 0 Å². The third-order valence-electron chi connectivity index (χ3n) is 3.59. The normalized spacial score (nSPS) is 18.4. The standard InChI is InChI=1S/C13H23N3O2S/c1-3-8-15-11-13(14-12(15)2)19(17,18)16-9-6-4-5-7-10-16/h11H,3-10H2,1-2H3. The number of hydrogen-bond acceptors (Lipinski definition) is 3. The molecule has 0 spiro atoms. The van der Waals surface area contributed by atoms with Gasteiger partial charge in [0.15, 0.2) is 5.03 Å². The van der Waals surface area contributed by atoms with Gasteiger partial charge < -0.3 is 4.57 Å². The summed E-state index contributed by atoms with van der Waals surface area (Å²) < 4.78 is 28.6. The second-order valence-electron chi connectivity index (χ2n) is 5.14. The van der Waals surface area contributed by atoms with Crippen molar-refractivity contribution in [2.24, 2.45) is 0 Å². The van der Waals surface area contributed by atoms with Crippen molar-refractivity contribution < 1.29 is 8.42 Å². The van der Waals surface area contributed by atoms with Gasteiger partial charge in [0, 0.05) is 25.8 Å². The molecule has 6 heteroatoms. The minimum absolute atomic E-state index is 0.209. The first kappa shape index (κ1) is 14.5. The summed E-state index contributed by atoms with van der Waals surface area (Å²) in [6, 6.07) is 0.